The first-order chi connectivity index (χ1) is 7.50. The number of rotatable bonds is 2. The van der Waals surface area contributed by atoms with Crippen molar-refractivity contribution in [3.05, 3.63) is 29.6 Å². The van der Waals surface area contributed by atoms with Crippen LogP contribution in [-0.4, -0.2) is 48.9 Å². The van der Waals surface area contributed by atoms with Crippen molar-refractivity contribution in [1.29, 1.82) is 0 Å². The van der Waals surface area contributed by atoms with Crippen LogP contribution in [0.2, 0.25) is 0 Å². The highest BCUT2D eigenvalue weighted by molar-refractivity contribution is 5.79. The van der Waals surface area contributed by atoms with Crippen LogP contribution in [0.5, 0.6) is 0 Å². The fraction of sp³-hybridized carbons (Fsp3) is 0.500. The Hall–Kier alpha value is -1.58. The topological polar surface area (TPSA) is 31.7 Å². The molecule has 1 aromatic rings. The van der Waals surface area contributed by atoms with Gasteiger partial charge in [0.1, 0.15) is 0 Å². The first-order valence-electron chi connectivity index (χ1n) is 5.31. The van der Waals surface area contributed by atoms with E-state index in [0.717, 1.165) is 11.7 Å². The van der Waals surface area contributed by atoms with E-state index in [1.54, 1.807) is 0 Å². The van der Waals surface area contributed by atoms with Crippen LogP contribution < -0.4 is 0 Å². The van der Waals surface area contributed by atoms with Crippen LogP contribution in [0.3, 0.4) is 0 Å². The lowest BCUT2D eigenvalue weighted by molar-refractivity contribution is 0.479. The summed E-state index contributed by atoms with van der Waals surface area (Å²) < 4.78 is 0. The molecule has 0 aliphatic rings. The van der Waals surface area contributed by atoms with Crippen LogP contribution in [0.1, 0.15) is 11.3 Å². The Labute approximate surface area is 97.6 Å². The zero-order valence-corrected chi connectivity index (χ0v) is 10.7. The van der Waals surface area contributed by atoms with Gasteiger partial charge in [0.2, 0.25) is 0 Å². The van der Waals surface area contributed by atoms with Crippen molar-refractivity contribution in [1.82, 2.24) is 14.8 Å². The van der Waals surface area contributed by atoms with Gasteiger partial charge in [0.25, 0.3) is 0 Å². The van der Waals surface area contributed by atoms with Gasteiger partial charge in [-0.3, -0.25) is 4.98 Å². The zero-order chi connectivity index (χ0) is 12.1. The molecule has 1 aromatic heterocycles. The predicted molar refractivity (Wildman–Crippen MR) is 67.5 cm³/mol. The van der Waals surface area contributed by atoms with Gasteiger partial charge in [-0.2, -0.15) is 0 Å². The van der Waals surface area contributed by atoms with Crippen molar-refractivity contribution in [2.75, 3.05) is 28.2 Å². The lowest BCUT2D eigenvalue weighted by atomic mass is 10.2. The lowest BCUT2D eigenvalue weighted by Crippen LogP contribution is -2.35. The maximum atomic E-state index is 4.57. The molecule has 0 atom stereocenters. The summed E-state index contributed by atoms with van der Waals surface area (Å²) in [5.41, 5.74) is 2.22. The Morgan fingerprint density at radius 1 is 1.25 bits per heavy atom. The van der Waals surface area contributed by atoms with Crippen LogP contribution in [-0.2, 0) is 6.54 Å². The summed E-state index contributed by atoms with van der Waals surface area (Å²) in [5.74, 6) is 0.967. The highest BCUT2D eigenvalue weighted by Crippen LogP contribution is 2.03. The lowest BCUT2D eigenvalue weighted by Gasteiger charge is -2.22. The molecule has 0 amide bonds. The SMILES string of the molecule is Cc1cc(CN=C(N(C)C)N(C)C)ccn1. The molecule has 0 radical (unpaired) electrons. The summed E-state index contributed by atoms with van der Waals surface area (Å²) in [6.45, 7) is 2.68. The third-order valence-corrected chi connectivity index (χ3v) is 2.16. The second-order valence-corrected chi connectivity index (χ2v) is 4.21. The predicted octanol–water partition coefficient (Wildman–Crippen LogP) is 1.37. The number of aliphatic imine (C=N–C) groups is 1. The van der Waals surface area contributed by atoms with Crippen molar-refractivity contribution in [2.45, 2.75) is 13.5 Å². The maximum absolute atomic E-state index is 4.57. The molecule has 0 unspecified atom stereocenters. The van der Waals surface area contributed by atoms with Crippen LogP contribution in [0.15, 0.2) is 23.3 Å². The smallest absolute Gasteiger partial charge is 0.195 e. The summed E-state index contributed by atoms with van der Waals surface area (Å²) in [7, 11) is 7.99. The minimum atomic E-state index is 0.690. The summed E-state index contributed by atoms with van der Waals surface area (Å²) >= 11 is 0. The molecular weight excluding hydrogens is 200 g/mol. The molecule has 0 bridgehead atoms. The van der Waals surface area contributed by atoms with Crippen molar-refractivity contribution >= 4 is 5.96 Å². The standard InChI is InChI=1S/C12H20N4/c1-10-8-11(6-7-13-10)9-14-12(15(2)3)16(4)5/h6-8H,9H2,1-5H3. The molecule has 0 aliphatic heterocycles. The fourth-order valence-corrected chi connectivity index (χ4v) is 1.55. The normalized spacial score (nSPS) is 9.81. The first kappa shape index (κ1) is 12.5. The van der Waals surface area contributed by atoms with Crippen LogP contribution in [0.4, 0.5) is 0 Å². The molecule has 4 heteroatoms. The Bertz CT molecular complexity index is 359. The Morgan fingerprint density at radius 3 is 2.38 bits per heavy atom. The molecular formula is C12H20N4. The van der Waals surface area contributed by atoms with Gasteiger partial charge in [0.15, 0.2) is 5.96 Å². The van der Waals surface area contributed by atoms with Crippen molar-refractivity contribution in [3.8, 4) is 0 Å². The largest absolute Gasteiger partial charge is 0.349 e. The van der Waals surface area contributed by atoms with Crippen LogP contribution in [0.25, 0.3) is 0 Å². The second-order valence-electron chi connectivity index (χ2n) is 4.21. The number of aryl methyl sites for hydroxylation is 1. The third kappa shape index (κ3) is 3.53. The average molecular weight is 220 g/mol. The summed E-state index contributed by atoms with van der Waals surface area (Å²) in [4.78, 5) is 12.8. The minimum Gasteiger partial charge on any atom is -0.349 e. The number of hydrogen-bond donors (Lipinski definition) is 0. The Morgan fingerprint density at radius 2 is 1.88 bits per heavy atom. The van der Waals surface area contributed by atoms with Gasteiger partial charge in [-0.15, -0.1) is 0 Å². The van der Waals surface area contributed by atoms with E-state index in [1.807, 2.05) is 57.2 Å². The number of guanidine groups is 1. The molecule has 0 saturated heterocycles. The van der Waals surface area contributed by atoms with E-state index in [9.17, 15) is 0 Å². The number of hydrogen-bond acceptors (Lipinski definition) is 2. The zero-order valence-electron chi connectivity index (χ0n) is 10.7. The Balaban J connectivity index is 2.77. The van der Waals surface area contributed by atoms with E-state index in [0.29, 0.717) is 6.54 Å². The molecule has 88 valence electrons. The van der Waals surface area contributed by atoms with Gasteiger partial charge in [-0.25, -0.2) is 4.99 Å². The highest BCUT2D eigenvalue weighted by atomic mass is 15.3. The van der Waals surface area contributed by atoms with Crippen molar-refractivity contribution in [2.24, 2.45) is 4.99 Å². The van der Waals surface area contributed by atoms with Gasteiger partial charge >= 0.3 is 0 Å². The van der Waals surface area contributed by atoms with E-state index in [2.05, 4.69) is 16.0 Å². The molecule has 0 spiro atoms. The van der Waals surface area contributed by atoms with E-state index in [-0.39, 0.29) is 0 Å². The van der Waals surface area contributed by atoms with Crippen LogP contribution >= 0.6 is 0 Å². The minimum absolute atomic E-state index is 0.690. The number of aromatic nitrogens is 1. The molecule has 0 saturated carbocycles. The van der Waals surface area contributed by atoms with Crippen LogP contribution in [0, 0.1) is 6.92 Å². The van der Waals surface area contributed by atoms with E-state index in [1.165, 1.54) is 5.56 Å². The monoisotopic (exact) mass is 220 g/mol. The van der Waals surface area contributed by atoms with E-state index in [4.69, 9.17) is 0 Å². The highest BCUT2D eigenvalue weighted by Gasteiger charge is 2.03. The van der Waals surface area contributed by atoms with Gasteiger partial charge in [-0.1, -0.05) is 0 Å². The molecule has 4 nitrogen and oxygen atoms in total. The number of nitrogens with zero attached hydrogens (tertiary/aromatic N) is 4. The molecule has 1 heterocycles. The van der Waals surface area contributed by atoms with Gasteiger partial charge in [-0.05, 0) is 24.6 Å². The van der Waals surface area contributed by atoms with Crippen molar-refractivity contribution in [3.63, 3.8) is 0 Å². The number of pyridine rings is 1. The molecule has 0 fully saturated rings. The average Bonchev–Trinajstić information content (AvgIpc) is 2.16. The summed E-state index contributed by atoms with van der Waals surface area (Å²) in [6, 6.07) is 4.06. The quantitative estimate of drug-likeness (QED) is 0.557. The van der Waals surface area contributed by atoms with Crippen molar-refractivity contribution < 1.29 is 0 Å². The maximum Gasteiger partial charge on any atom is 0.195 e. The molecule has 0 aromatic carbocycles. The molecule has 0 aliphatic carbocycles. The summed E-state index contributed by atoms with van der Waals surface area (Å²) in [6.07, 6.45) is 1.82. The van der Waals surface area contributed by atoms with Gasteiger partial charge < -0.3 is 9.80 Å². The summed E-state index contributed by atoms with van der Waals surface area (Å²) in [5, 5.41) is 0. The van der Waals surface area contributed by atoms with Gasteiger partial charge in [0, 0.05) is 40.1 Å². The first-order valence-corrected chi connectivity index (χ1v) is 5.31. The van der Waals surface area contributed by atoms with E-state index >= 15 is 0 Å². The molecule has 16 heavy (non-hydrogen) atoms. The van der Waals surface area contributed by atoms with E-state index < -0.39 is 0 Å². The molecule has 0 N–H and O–H groups in total. The Kier molecular flexibility index (Phi) is 4.28. The fourth-order valence-electron chi connectivity index (χ4n) is 1.55. The van der Waals surface area contributed by atoms with Gasteiger partial charge in [0.05, 0.1) is 6.54 Å². The molecule has 1 rings (SSSR count). The second kappa shape index (κ2) is 5.49. The third-order valence-electron chi connectivity index (χ3n) is 2.16.